The van der Waals surface area contributed by atoms with E-state index < -0.39 is 59.1 Å². The van der Waals surface area contributed by atoms with Gasteiger partial charge in [-0.25, -0.2) is 0 Å². The van der Waals surface area contributed by atoms with Crippen LogP contribution in [0, 0.1) is 23.7 Å². The molecule has 8 nitrogen and oxygen atoms in total. The third-order valence-corrected chi connectivity index (χ3v) is 5.17. The Labute approximate surface area is 187 Å². The lowest BCUT2D eigenvalue weighted by Crippen LogP contribution is -2.40. The highest BCUT2D eigenvalue weighted by Crippen LogP contribution is 2.36. The number of rotatable bonds is 6. The number of fused-ring (bicyclic) bond motifs is 2. The molecule has 0 bridgehead atoms. The van der Waals surface area contributed by atoms with Crippen LogP contribution >= 0.6 is 0 Å². The first-order valence-electron chi connectivity index (χ1n) is 10.7. The topological polar surface area (TPSA) is 154 Å². The fraction of sp³-hybridized carbons (Fsp3) is 0.500. The maximum absolute atomic E-state index is 12.7. The molecule has 0 saturated carbocycles. The monoisotopic (exact) mass is 442 g/mol. The summed E-state index contributed by atoms with van der Waals surface area (Å²) < 4.78 is 0. The molecule has 0 radical (unpaired) electrons. The molecule has 0 spiro atoms. The molecule has 3 rings (SSSR count). The fourth-order valence-electron chi connectivity index (χ4n) is 3.78. The van der Waals surface area contributed by atoms with Gasteiger partial charge in [-0.05, 0) is 30.4 Å². The van der Waals surface area contributed by atoms with E-state index in [0.29, 0.717) is 6.42 Å². The highest BCUT2D eigenvalue weighted by atomic mass is 16.2. The van der Waals surface area contributed by atoms with Crippen molar-refractivity contribution in [1.82, 2.24) is 0 Å². The van der Waals surface area contributed by atoms with Crippen molar-refractivity contribution in [1.29, 1.82) is 0 Å². The smallest absolute Gasteiger partial charge is 0.181 e. The molecule has 32 heavy (non-hydrogen) atoms. The third kappa shape index (κ3) is 4.66. The molecule has 4 N–H and O–H groups in total. The summed E-state index contributed by atoms with van der Waals surface area (Å²) in [6, 6.07) is 1.31. The maximum Gasteiger partial charge on any atom is 0.181 e. The Morgan fingerprint density at radius 2 is 1.12 bits per heavy atom. The van der Waals surface area contributed by atoms with E-state index in [1.807, 2.05) is 13.8 Å². The Hall–Kier alpha value is -2.84. The van der Waals surface area contributed by atoms with Crippen LogP contribution in [0.1, 0.15) is 82.5 Å². The Kier molecular flexibility index (Phi) is 7.74. The minimum absolute atomic E-state index is 0.0964. The SMILES string of the molecule is CC(C)C.CC(C)CC(N)C(=O)C1C(=O)c2cc3c(cc2C1=O)C(=O)C(C(=O)CN)C3=O. The summed E-state index contributed by atoms with van der Waals surface area (Å²) in [6.07, 6.45) is 0.322. The van der Waals surface area contributed by atoms with E-state index in [1.54, 1.807) is 0 Å². The second-order valence-corrected chi connectivity index (χ2v) is 9.31. The van der Waals surface area contributed by atoms with Crippen LogP contribution in [0.3, 0.4) is 0 Å². The first kappa shape index (κ1) is 25.4. The minimum atomic E-state index is -1.56. The van der Waals surface area contributed by atoms with Gasteiger partial charge in [-0.1, -0.05) is 34.6 Å². The van der Waals surface area contributed by atoms with Crippen LogP contribution in [0.25, 0.3) is 0 Å². The lowest BCUT2D eigenvalue weighted by atomic mass is 9.89. The van der Waals surface area contributed by atoms with E-state index in [2.05, 4.69) is 20.8 Å². The summed E-state index contributed by atoms with van der Waals surface area (Å²) in [5.74, 6) is -6.52. The molecule has 0 aliphatic heterocycles. The van der Waals surface area contributed by atoms with E-state index in [-0.39, 0.29) is 28.2 Å². The Morgan fingerprint density at radius 1 is 0.781 bits per heavy atom. The van der Waals surface area contributed by atoms with Crippen LogP contribution in [0.4, 0.5) is 0 Å². The predicted molar refractivity (Wildman–Crippen MR) is 118 cm³/mol. The highest BCUT2D eigenvalue weighted by molar-refractivity contribution is 6.40. The number of nitrogens with two attached hydrogens (primary N) is 2. The molecule has 1 aromatic carbocycles. The molecular formula is C24H30N2O6. The minimum Gasteiger partial charge on any atom is -0.324 e. The van der Waals surface area contributed by atoms with Gasteiger partial charge in [0, 0.05) is 22.3 Å². The fourth-order valence-corrected chi connectivity index (χ4v) is 3.78. The van der Waals surface area contributed by atoms with E-state index in [9.17, 15) is 28.8 Å². The van der Waals surface area contributed by atoms with Gasteiger partial charge < -0.3 is 11.5 Å². The van der Waals surface area contributed by atoms with Crippen LogP contribution in [0.5, 0.6) is 0 Å². The lowest BCUT2D eigenvalue weighted by Gasteiger charge is -2.15. The van der Waals surface area contributed by atoms with Crippen molar-refractivity contribution in [3.8, 4) is 0 Å². The van der Waals surface area contributed by atoms with Crippen molar-refractivity contribution >= 4 is 34.7 Å². The van der Waals surface area contributed by atoms with Gasteiger partial charge in [-0.15, -0.1) is 0 Å². The molecule has 1 aromatic rings. The Morgan fingerprint density at radius 3 is 1.44 bits per heavy atom. The number of hydrogen-bond donors (Lipinski definition) is 2. The van der Waals surface area contributed by atoms with Gasteiger partial charge in [0.2, 0.25) is 0 Å². The van der Waals surface area contributed by atoms with Gasteiger partial charge in [-0.3, -0.25) is 28.8 Å². The molecule has 0 heterocycles. The number of carbonyl (C=O) groups is 6. The Bertz CT molecular complexity index is 950. The summed E-state index contributed by atoms with van der Waals surface area (Å²) in [7, 11) is 0. The van der Waals surface area contributed by atoms with Crippen LogP contribution in [0.2, 0.25) is 0 Å². The summed E-state index contributed by atoms with van der Waals surface area (Å²) in [6.45, 7) is 9.75. The van der Waals surface area contributed by atoms with Crippen molar-refractivity contribution in [2.75, 3.05) is 6.54 Å². The zero-order valence-electron chi connectivity index (χ0n) is 19.1. The average Bonchev–Trinajstić information content (AvgIpc) is 3.09. The molecule has 0 amide bonds. The van der Waals surface area contributed by atoms with E-state index in [0.717, 1.165) is 18.1 Å². The Balaban J connectivity index is 0.000000837. The second kappa shape index (κ2) is 9.75. The summed E-state index contributed by atoms with van der Waals surface area (Å²) in [4.78, 5) is 74.8. The molecule has 1 atom stereocenters. The number of benzene rings is 1. The van der Waals surface area contributed by atoms with Crippen molar-refractivity contribution in [2.24, 2.45) is 35.1 Å². The number of carbonyl (C=O) groups excluding carboxylic acids is 6. The summed E-state index contributed by atoms with van der Waals surface area (Å²) >= 11 is 0. The zero-order valence-corrected chi connectivity index (χ0v) is 19.1. The largest absolute Gasteiger partial charge is 0.324 e. The first-order chi connectivity index (χ1) is 14.8. The molecule has 0 fully saturated rings. The van der Waals surface area contributed by atoms with Crippen molar-refractivity contribution in [3.63, 3.8) is 0 Å². The van der Waals surface area contributed by atoms with Crippen molar-refractivity contribution in [2.45, 2.75) is 47.1 Å². The third-order valence-electron chi connectivity index (χ3n) is 5.17. The van der Waals surface area contributed by atoms with E-state index in [4.69, 9.17) is 11.5 Å². The van der Waals surface area contributed by atoms with Crippen molar-refractivity contribution in [3.05, 3.63) is 34.4 Å². The van der Waals surface area contributed by atoms with Crippen LogP contribution < -0.4 is 11.5 Å². The number of hydrogen-bond acceptors (Lipinski definition) is 8. The molecule has 0 aromatic heterocycles. The predicted octanol–water partition coefficient (Wildman–Crippen LogP) is 1.81. The van der Waals surface area contributed by atoms with E-state index >= 15 is 0 Å². The van der Waals surface area contributed by atoms with Crippen LogP contribution in [0.15, 0.2) is 12.1 Å². The number of ketones is 6. The van der Waals surface area contributed by atoms with Gasteiger partial charge in [0.15, 0.2) is 34.7 Å². The summed E-state index contributed by atoms with van der Waals surface area (Å²) in [5, 5.41) is 0. The van der Waals surface area contributed by atoms with Gasteiger partial charge >= 0.3 is 0 Å². The van der Waals surface area contributed by atoms with Crippen molar-refractivity contribution < 1.29 is 28.8 Å². The lowest BCUT2D eigenvalue weighted by molar-refractivity contribution is -0.122. The van der Waals surface area contributed by atoms with Gasteiger partial charge in [0.05, 0.1) is 12.6 Å². The van der Waals surface area contributed by atoms with Gasteiger partial charge in [0.1, 0.15) is 11.8 Å². The zero-order chi connectivity index (χ0) is 24.5. The standard InChI is InChI=1S/C20H20N2O6.C4H10/c1-7(2)3-12(22)20(28)15-18(26)10-4-8-9(5-11(10)19(15)27)17(25)14(16(8)24)13(23)6-21;1-4(2)3/h4-5,7,12,14-15H,3,6,21-22H2,1-2H3;4H,1-3H3. The molecular weight excluding hydrogens is 412 g/mol. The maximum atomic E-state index is 12.7. The van der Waals surface area contributed by atoms with Gasteiger partial charge in [0.25, 0.3) is 0 Å². The number of Topliss-reactive ketones (excluding diaryl/α,β-unsaturated/α-hetero) is 6. The molecule has 2 aliphatic rings. The summed E-state index contributed by atoms with van der Waals surface area (Å²) in [5.41, 5.74) is 10.7. The average molecular weight is 443 g/mol. The molecule has 0 saturated heterocycles. The second-order valence-electron chi connectivity index (χ2n) is 9.31. The van der Waals surface area contributed by atoms with Gasteiger partial charge in [-0.2, -0.15) is 0 Å². The van der Waals surface area contributed by atoms with Crippen LogP contribution in [-0.2, 0) is 9.59 Å². The highest BCUT2D eigenvalue weighted by Gasteiger charge is 2.49. The normalized spacial score (nSPS) is 16.9. The molecule has 1 unspecified atom stereocenters. The first-order valence-corrected chi connectivity index (χ1v) is 10.7. The molecule has 172 valence electrons. The quantitative estimate of drug-likeness (QED) is 0.632. The molecule has 2 aliphatic carbocycles. The van der Waals surface area contributed by atoms with E-state index in [1.165, 1.54) is 0 Å². The van der Waals surface area contributed by atoms with Crippen LogP contribution in [-0.4, -0.2) is 47.3 Å². The molecule has 8 heteroatoms.